The van der Waals surface area contributed by atoms with E-state index in [1.165, 1.54) is 0 Å². The van der Waals surface area contributed by atoms with Crippen molar-refractivity contribution in [2.75, 3.05) is 23.5 Å². The van der Waals surface area contributed by atoms with Crippen LogP contribution in [0.4, 0.5) is 5.69 Å². The van der Waals surface area contributed by atoms with Gasteiger partial charge in [-0.3, -0.25) is 9.00 Å². The molecule has 2 heterocycles. The zero-order valence-electron chi connectivity index (χ0n) is 23.4. The van der Waals surface area contributed by atoms with Crippen LogP contribution in [0.5, 0.6) is 11.5 Å². The third kappa shape index (κ3) is 5.65. The first-order valence-corrected chi connectivity index (χ1v) is 15.6. The van der Waals surface area contributed by atoms with Crippen molar-refractivity contribution < 1.29 is 23.6 Å². The Morgan fingerprint density at radius 2 is 1.68 bits per heavy atom. The second kappa shape index (κ2) is 11.6. The molecule has 0 aliphatic carbocycles. The number of benzene rings is 3. The van der Waals surface area contributed by atoms with E-state index in [0.717, 1.165) is 40.8 Å². The van der Waals surface area contributed by atoms with Crippen molar-refractivity contribution in [1.82, 2.24) is 0 Å². The van der Waals surface area contributed by atoms with Crippen molar-refractivity contribution in [3.8, 4) is 11.5 Å². The lowest BCUT2D eigenvalue weighted by Crippen LogP contribution is -2.41. The SMILES string of the molecule is COc1cc2c(cc1OC(C)C)C(c1ccc(Cl)cc1)N(c1ccc(C(C)(O)C3CCS(=O)CC3)cc1)C(=O)C2. The molecule has 2 unspecified atom stereocenters. The molecular weight excluding hydrogens is 546 g/mol. The first-order chi connectivity index (χ1) is 19.1. The molecule has 2 aliphatic heterocycles. The van der Waals surface area contributed by atoms with Crippen LogP contribution in [0.1, 0.15) is 61.9 Å². The minimum absolute atomic E-state index is 0.0377. The van der Waals surface area contributed by atoms with E-state index in [4.69, 9.17) is 21.1 Å². The molecular formula is C32H36ClNO5S. The molecule has 0 bridgehead atoms. The normalized spacial score (nSPS) is 22.5. The van der Waals surface area contributed by atoms with Crippen LogP contribution in [0, 0.1) is 5.92 Å². The molecule has 0 radical (unpaired) electrons. The fourth-order valence-electron chi connectivity index (χ4n) is 5.88. The molecule has 40 heavy (non-hydrogen) atoms. The number of ether oxygens (including phenoxy) is 2. The van der Waals surface area contributed by atoms with E-state index in [1.807, 2.05) is 86.3 Å². The molecule has 3 aromatic rings. The van der Waals surface area contributed by atoms with Gasteiger partial charge in [0.05, 0.1) is 31.3 Å². The zero-order chi connectivity index (χ0) is 28.6. The Morgan fingerprint density at radius 3 is 2.27 bits per heavy atom. The minimum atomic E-state index is -1.04. The van der Waals surface area contributed by atoms with E-state index < -0.39 is 22.4 Å². The third-order valence-electron chi connectivity index (χ3n) is 8.05. The van der Waals surface area contributed by atoms with Gasteiger partial charge in [0.1, 0.15) is 0 Å². The number of methoxy groups -OCH3 is 1. The van der Waals surface area contributed by atoms with Crippen LogP contribution in [0.3, 0.4) is 0 Å². The number of hydrogen-bond donors (Lipinski definition) is 1. The standard InChI is InChI=1S/C32H36ClNO5S/c1-20(2)39-29-19-27-22(17-28(29)38-4)18-30(35)34(31(27)21-5-9-25(33)10-6-21)26-11-7-23(8-12-26)32(3,36)24-13-15-40(37)16-14-24/h5-12,17,19-20,24,31,36H,13-16,18H2,1-4H3. The molecule has 0 spiro atoms. The van der Waals surface area contributed by atoms with E-state index in [1.54, 1.807) is 7.11 Å². The highest BCUT2D eigenvalue weighted by molar-refractivity contribution is 7.85. The van der Waals surface area contributed by atoms with Crippen molar-refractivity contribution in [3.05, 3.63) is 87.9 Å². The Bertz CT molecular complexity index is 1390. The van der Waals surface area contributed by atoms with E-state index in [0.29, 0.717) is 28.0 Å². The van der Waals surface area contributed by atoms with Crippen LogP contribution in [-0.2, 0) is 27.6 Å². The molecule has 1 fully saturated rings. The van der Waals surface area contributed by atoms with Gasteiger partial charge in [-0.25, -0.2) is 0 Å². The Balaban J connectivity index is 1.56. The lowest BCUT2D eigenvalue weighted by atomic mass is 9.79. The number of carbonyl (C=O) groups excluding carboxylic acids is 1. The number of fused-ring (bicyclic) bond motifs is 1. The molecule has 5 rings (SSSR count). The molecule has 8 heteroatoms. The molecule has 1 amide bonds. The largest absolute Gasteiger partial charge is 0.493 e. The molecule has 6 nitrogen and oxygen atoms in total. The van der Waals surface area contributed by atoms with E-state index in [2.05, 4.69) is 0 Å². The average molecular weight is 582 g/mol. The van der Waals surface area contributed by atoms with Crippen LogP contribution >= 0.6 is 11.6 Å². The molecule has 1 saturated heterocycles. The Labute approximate surface area is 243 Å². The van der Waals surface area contributed by atoms with Crippen molar-refractivity contribution in [1.29, 1.82) is 0 Å². The fourth-order valence-corrected chi connectivity index (χ4v) is 7.30. The summed E-state index contributed by atoms with van der Waals surface area (Å²) in [6, 6.07) is 18.7. The number of halogens is 1. The summed E-state index contributed by atoms with van der Waals surface area (Å²) in [5, 5.41) is 12.1. The van der Waals surface area contributed by atoms with Crippen molar-refractivity contribution >= 4 is 34.0 Å². The highest BCUT2D eigenvalue weighted by Crippen LogP contribution is 2.44. The maximum atomic E-state index is 13.8. The topological polar surface area (TPSA) is 76.1 Å². The van der Waals surface area contributed by atoms with E-state index in [9.17, 15) is 14.1 Å². The molecule has 3 aromatic carbocycles. The van der Waals surface area contributed by atoms with Gasteiger partial charge in [0.25, 0.3) is 0 Å². The molecule has 1 N–H and O–H groups in total. The Kier molecular flexibility index (Phi) is 8.27. The molecule has 0 aromatic heterocycles. The number of rotatable bonds is 7. The van der Waals surface area contributed by atoms with Crippen LogP contribution in [0.25, 0.3) is 0 Å². The Hall–Kier alpha value is -2.87. The van der Waals surface area contributed by atoms with Gasteiger partial charge in [0, 0.05) is 33.0 Å². The number of nitrogens with zero attached hydrogens (tertiary/aromatic N) is 1. The first kappa shape index (κ1) is 28.7. The number of amides is 1. The van der Waals surface area contributed by atoms with Crippen LogP contribution in [0.2, 0.25) is 5.02 Å². The van der Waals surface area contributed by atoms with Gasteiger partial charge in [0.2, 0.25) is 5.91 Å². The summed E-state index contributed by atoms with van der Waals surface area (Å²) < 4.78 is 23.6. The maximum Gasteiger partial charge on any atom is 0.232 e. The van der Waals surface area contributed by atoms with Crippen LogP contribution in [0.15, 0.2) is 60.7 Å². The Morgan fingerprint density at radius 1 is 1.02 bits per heavy atom. The average Bonchev–Trinajstić information content (AvgIpc) is 2.93. The summed E-state index contributed by atoms with van der Waals surface area (Å²) >= 11 is 6.23. The van der Waals surface area contributed by atoms with Gasteiger partial charge >= 0.3 is 0 Å². The maximum absolute atomic E-state index is 13.8. The van der Waals surface area contributed by atoms with Crippen LogP contribution in [-0.4, -0.2) is 39.9 Å². The van der Waals surface area contributed by atoms with Gasteiger partial charge in [-0.05, 0) is 98.2 Å². The van der Waals surface area contributed by atoms with Gasteiger partial charge in [-0.1, -0.05) is 35.9 Å². The van der Waals surface area contributed by atoms with Gasteiger partial charge in [-0.2, -0.15) is 0 Å². The molecule has 2 atom stereocenters. The zero-order valence-corrected chi connectivity index (χ0v) is 24.9. The summed E-state index contributed by atoms with van der Waals surface area (Å²) in [4.78, 5) is 15.6. The van der Waals surface area contributed by atoms with E-state index >= 15 is 0 Å². The minimum Gasteiger partial charge on any atom is -0.493 e. The summed E-state index contributed by atoms with van der Waals surface area (Å²) in [6.45, 7) is 5.77. The monoisotopic (exact) mass is 581 g/mol. The quantitative estimate of drug-likeness (QED) is 0.360. The van der Waals surface area contributed by atoms with Gasteiger partial charge < -0.3 is 19.5 Å². The van der Waals surface area contributed by atoms with Crippen molar-refractivity contribution in [3.63, 3.8) is 0 Å². The van der Waals surface area contributed by atoms with Gasteiger partial charge in [0.15, 0.2) is 11.5 Å². The predicted molar refractivity (Wildman–Crippen MR) is 160 cm³/mol. The highest BCUT2D eigenvalue weighted by atomic mass is 35.5. The first-order valence-electron chi connectivity index (χ1n) is 13.7. The second-order valence-corrected chi connectivity index (χ2v) is 13.2. The molecule has 212 valence electrons. The van der Waals surface area contributed by atoms with Crippen molar-refractivity contribution in [2.45, 2.75) is 57.8 Å². The summed E-state index contributed by atoms with van der Waals surface area (Å²) in [6.07, 6.45) is 1.63. The highest BCUT2D eigenvalue weighted by Gasteiger charge is 2.38. The van der Waals surface area contributed by atoms with Crippen molar-refractivity contribution in [2.24, 2.45) is 5.92 Å². The summed E-state index contributed by atoms with van der Waals surface area (Å²) in [5.41, 5.74) is 3.26. The fraction of sp³-hybridized carbons (Fsp3) is 0.406. The number of hydrogen-bond acceptors (Lipinski definition) is 5. The summed E-state index contributed by atoms with van der Waals surface area (Å²) in [7, 11) is 0.810. The molecule has 0 saturated carbocycles. The third-order valence-corrected chi connectivity index (χ3v) is 9.68. The second-order valence-electron chi connectivity index (χ2n) is 11.1. The number of anilines is 1. The number of aliphatic hydroxyl groups is 1. The summed E-state index contributed by atoms with van der Waals surface area (Å²) in [5.74, 6) is 2.47. The lowest BCUT2D eigenvalue weighted by molar-refractivity contribution is -0.118. The predicted octanol–water partition coefficient (Wildman–Crippen LogP) is 6.18. The smallest absolute Gasteiger partial charge is 0.232 e. The van der Waals surface area contributed by atoms with Crippen LogP contribution < -0.4 is 14.4 Å². The van der Waals surface area contributed by atoms with Gasteiger partial charge in [-0.15, -0.1) is 0 Å². The molecule has 2 aliphatic rings. The lowest BCUT2D eigenvalue weighted by Gasteiger charge is -2.39. The number of carbonyl (C=O) groups is 1. The van der Waals surface area contributed by atoms with E-state index in [-0.39, 0.29) is 24.3 Å².